The standard InChI is InChI=1S/C18H17N3O5S/c1-26-18(24)15(13-8-5-9-27-13)21-10-12(17(21)23)19-16(22)14(20-25)11-6-3-2-4-7-11/h2-9,12,15,25H,10H2,1H3,(H,19,22)/b20-14+. The summed E-state index contributed by atoms with van der Waals surface area (Å²) >= 11 is 1.34. The highest BCUT2D eigenvalue weighted by Gasteiger charge is 2.46. The molecule has 2 aromatic rings. The van der Waals surface area contributed by atoms with E-state index in [-0.39, 0.29) is 12.3 Å². The van der Waals surface area contributed by atoms with Crippen LogP contribution in [0.5, 0.6) is 0 Å². The van der Waals surface area contributed by atoms with E-state index in [2.05, 4.69) is 10.5 Å². The predicted molar refractivity (Wildman–Crippen MR) is 97.5 cm³/mol. The average Bonchev–Trinajstić information content (AvgIpc) is 3.22. The van der Waals surface area contributed by atoms with E-state index in [1.54, 1.807) is 47.8 Å². The van der Waals surface area contributed by atoms with Crippen LogP contribution in [-0.4, -0.2) is 53.3 Å². The number of β-lactam (4-membered cyclic amide) rings is 1. The van der Waals surface area contributed by atoms with Gasteiger partial charge in [0.05, 0.1) is 13.7 Å². The molecule has 8 nitrogen and oxygen atoms in total. The van der Waals surface area contributed by atoms with Crippen molar-refractivity contribution < 1.29 is 24.3 Å². The number of carbonyl (C=O) groups is 3. The van der Waals surface area contributed by atoms with Crippen molar-refractivity contribution in [3.05, 3.63) is 58.3 Å². The summed E-state index contributed by atoms with van der Waals surface area (Å²) in [6.07, 6.45) is 0. The van der Waals surface area contributed by atoms with Crippen molar-refractivity contribution in [3.8, 4) is 0 Å². The number of carbonyl (C=O) groups excluding carboxylic acids is 3. The second-order valence-corrected chi connectivity index (χ2v) is 6.75. The Morgan fingerprint density at radius 3 is 2.59 bits per heavy atom. The van der Waals surface area contributed by atoms with E-state index >= 15 is 0 Å². The number of ether oxygens (including phenoxy) is 1. The maximum Gasteiger partial charge on any atom is 0.334 e. The number of benzene rings is 1. The van der Waals surface area contributed by atoms with E-state index in [0.29, 0.717) is 10.4 Å². The lowest BCUT2D eigenvalue weighted by Crippen LogP contribution is -2.66. The zero-order chi connectivity index (χ0) is 19.4. The molecule has 0 aliphatic carbocycles. The lowest BCUT2D eigenvalue weighted by molar-refractivity contribution is -0.161. The Bertz CT molecular complexity index is 866. The highest BCUT2D eigenvalue weighted by atomic mass is 32.1. The van der Waals surface area contributed by atoms with E-state index in [9.17, 15) is 14.4 Å². The number of hydrogen-bond donors (Lipinski definition) is 2. The van der Waals surface area contributed by atoms with Gasteiger partial charge in [0.1, 0.15) is 6.04 Å². The largest absolute Gasteiger partial charge is 0.467 e. The Hall–Kier alpha value is -3.20. The van der Waals surface area contributed by atoms with Gasteiger partial charge in [-0.1, -0.05) is 41.6 Å². The lowest BCUT2D eigenvalue weighted by Gasteiger charge is -2.42. The van der Waals surface area contributed by atoms with Gasteiger partial charge < -0.3 is 20.2 Å². The number of methoxy groups -OCH3 is 1. The Kier molecular flexibility index (Phi) is 5.51. The molecule has 140 valence electrons. The molecule has 1 fully saturated rings. The fourth-order valence-corrected chi connectivity index (χ4v) is 3.63. The van der Waals surface area contributed by atoms with E-state index in [1.807, 2.05) is 0 Å². The number of oxime groups is 1. The summed E-state index contributed by atoms with van der Waals surface area (Å²) in [7, 11) is 1.26. The molecule has 2 unspecified atom stereocenters. The summed E-state index contributed by atoms with van der Waals surface area (Å²) in [5, 5.41) is 16.5. The molecule has 1 aromatic heterocycles. The van der Waals surface area contributed by atoms with Crippen LogP contribution in [0.1, 0.15) is 16.5 Å². The van der Waals surface area contributed by atoms with Crippen LogP contribution in [0.3, 0.4) is 0 Å². The monoisotopic (exact) mass is 387 g/mol. The first-order valence-electron chi connectivity index (χ1n) is 8.07. The molecule has 27 heavy (non-hydrogen) atoms. The summed E-state index contributed by atoms with van der Waals surface area (Å²) in [5.41, 5.74) is 0.233. The molecule has 1 aliphatic heterocycles. The van der Waals surface area contributed by atoms with Crippen LogP contribution in [-0.2, 0) is 19.1 Å². The molecule has 2 N–H and O–H groups in total. The first-order chi connectivity index (χ1) is 13.1. The van der Waals surface area contributed by atoms with Crippen LogP contribution >= 0.6 is 11.3 Å². The molecule has 1 aliphatic rings. The number of esters is 1. The fourth-order valence-electron chi connectivity index (χ4n) is 2.80. The van der Waals surface area contributed by atoms with Gasteiger partial charge in [0.15, 0.2) is 11.8 Å². The van der Waals surface area contributed by atoms with Crippen molar-refractivity contribution in [2.45, 2.75) is 12.1 Å². The maximum atomic E-state index is 12.5. The van der Waals surface area contributed by atoms with Crippen LogP contribution in [0.15, 0.2) is 53.0 Å². The van der Waals surface area contributed by atoms with E-state index < -0.39 is 29.9 Å². The lowest BCUT2D eigenvalue weighted by atomic mass is 10.0. The van der Waals surface area contributed by atoms with E-state index in [1.165, 1.54) is 23.3 Å². The molecule has 0 bridgehead atoms. The normalized spacial score (nSPS) is 17.8. The van der Waals surface area contributed by atoms with E-state index in [4.69, 9.17) is 9.94 Å². The Balaban J connectivity index is 1.68. The third-order valence-electron chi connectivity index (χ3n) is 4.18. The minimum atomic E-state index is -0.837. The zero-order valence-electron chi connectivity index (χ0n) is 14.4. The number of nitrogens with zero attached hydrogens (tertiary/aromatic N) is 2. The molecule has 0 spiro atoms. The second kappa shape index (κ2) is 8.00. The molecular formula is C18H17N3O5S. The number of hydrogen-bond acceptors (Lipinski definition) is 7. The average molecular weight is 387 g/mol. The molecule has 1 saturated heterocycles. The zero-order valence-corrected chi connectivity index (χ0v) is 15.2. The molecule has 3 rings (SSSR count). The molecular weight excluding hydrogens is 370 g/mol. The molecule has 9 heteroatoms. The smallest absolute Gasteiger partial charge is 0.334 e. The number of likely N-dealkylation sites (tertiary alicyclic amines) is 1. The van der Waals surface area contributed by atoms with Crippen LogP contribution in [0.4, 0.5) is 0 Å². The first kappa shape index (κ1) is 18.6. The molecule has 1 aromatic carbocycles. The Morgan fingerprint density at radius 1 is 1.30 bits per heavy atom. The first-order valence-corrected chi connectivity index (χ1v) is 8.94. The summed E-state index contributed by atoms with van der Waals surface area (Å²) < 4.78 is 4.81. The fraction of sp³-hybridized carbons (Fsp3) is 0.222. The van der Waals surface area contributed by atoms with Gasteiger partial charge in [0.25, 0.3) is 5.91 Å². The van der Waals surface area contributed by atoms with Crippen molar-refractivity contribution in [1.82, 2.24) is 10.2 Å². The summed E-state index contributed by atoms with van der Waals surface area (Å²) in [4.78, 5) is 39.0. The number of amides is 2. The second-order valence-electron chi connectivity index (χ2n) is 5.77. The van der Waals surface area contributed by atoms with Gasteiger partial charge in [0.2, 0.25) is 5.91 Å². The van der Waals surface area contributed by atoms with Crippen molar-refractivity contribution in [2.24, 2.45) is 5.16 Å². The third kappa shape index (κ3) is 3.68. The molecule has 0 saturated carbocycles. The summed E-state index contributed by atoms with van der Waals surface area (Å²) in [6.45, 7) is 0.149. The highest BCUT2D eigenvalue weighted by molar-refractivity contribution is 7.10. The van der Waals surface area contributed by atoms with Crippen molar-refractivity contribution >= 4 is 34.8 Å². The topological polar surface area (TPSA) is 108 Å². The molecule has 2 amide bonds. The quantitative estimate of drug-likeness (QED) is 0.254. The number of thiophene rings is 1. The van der Waals surface area contributed by atoms with Gasteiger partial charge in [-0.2, -0.15) is 0 Å². The van der Waals surface area contributed by atoms with Crippen LogP contribution < -0.4 is 5.32 Å². The summed E-state index contributed by atoms with van der Waals surface area (Å²) in [5.74, 6) is -1.62. The molecule has 2 atom stereocenters. The van der Waals surface area contributed by atoms with Crippen molar-refractivity contribution in [1.29, 1.82) is 0 Å². The minimum Gasteiger partial charge on any atom is -0.467 e. The van der Waals surface area contributed by atoms with Gasteiger partial charge >= 0.3 is 5.97 Å². The Labute approximate surface area is 159 Å². The van der Waals surface area contributed by atoms with Gasteiger partial charge in [-0.3, -0.25) is 9.59 Å². The summed E-state index contributed by atoms with van der Waals surface area (Å²) in [6, 6.07) is 10.3. The van der Waals surface area contributed by atoms with Crippen LogP contribution in [0, 0.1) is 0 Å². The third-order valence-corrected chi connectivity index (χ3v) is 5.10. The highest BCUT2D eigenvalue weighted by Crippen LogP contribution is 2.31. The van der Waals surface area contributed by atoms with Crippen molar-refractivity contribution in [3.63, 3.8) is 0 Å². The SMILES string of the molecule is COC(=O)C(c1cccs1)N1CC(NC(=O)/C(=N/O)c2ccccc2)C1=O. The van der Waals surface area contributed by atoms with E-state index in [0.717, 1.165) is 0 Å². The number of rotatable bonds is 6. The Morgan fingerprint density at radius 2 is 2.04 bits per heavy atom. The number of nitrogens with one attached hydrogen (secondary N) is 1. The predicted octanol–water partition coefficient (Wildman–Crippen LogP) is 1.17. The van der Waals surface area contributed by atoms with Gasteiger partial charge in [-0.25, -0.2) is 4.79 Å². The minimum absolute atomic E-state index is 0.149. The maximum absolute atomic E-state index is 12.5. The van der Waals surface area contributed by atoms with Gasteiger partial charge in [-0.05, 0) is 11.4 Å². The molecule has 0 radical (unpaired) electrons. The van der Waals surface area contributed by atoms with Crippen LogP contribution in [0.25, 0.3) is 0 Å². The van der Waals surface area contributed by atoms with Crippen LogP contribution in [0.2, 0.25) is 0 Å². The van der Waals surface area contributed by atoms with Gasteiger partial charge in [-0.15, -0.1) is 11.3 Å². The van der Waals surface area contributed by atoms with Crippen molar-refractivity contribution in [2.75, 3.05) is 13.7 Å². The molecule has 2 heterocycles. The van der Waals surface area contributed by atoms with Gasteiger partial charge in [0, 0.05) is 10.4 Å².